The maximum Gasteiger partial charge on any atom is 0.263 e. The van der Waals surface area contributed by atoms with Crippen molar-refractivity contribution in [1.82, 2.24) is 9.62 Å². The normalized spacial score (nSPS) is 19.3. The van der Waals surface area contributed by atoms with Crippen LogP contribution in [0.2, 0.25) is 5.02 Å². The summed E-state index contributed by atoms with van der Waals surface area (Å²) in [5.41, 5.74) is 1.50. The molecule has 2 aliphatic heterocycles. The SMILES string of the molecule is COc1ccc(Cl)cc1S(=O)(=O)N1CCC[C@H](C(=O)N2C[C@@H](C(=O)NCc3ccccc3)Oc3ccccc32)C1. The number of nitrogens with one attached hydrogen (secondary N) is 1. The number of carbonyl (C=O) groups excluding carboxylic acids is 2. The van der Waals surface area contributed by atoms with E-state index in [-0.39, 0.29) is 47.1 Å². The molecule has 0 radical (unpaired) electrons. The van der Waals surface area contributed by atoms with Crippen molar-refractivity contribution < 1.29 is 27.5 Å². The zero-order valence-electron chi connectivity index (χ0n) is 22.0. The Hall–Kier alpha value is -3.60. The summed E-state index contributed by atoms with van der Waals surface area (Å²) in [7, 11) is -2.58. The third kappa shape index (κ3) is 5.79. The maximum atomic E-state index is 13.9. The lowest BCUT2D eigenvalue weighted by atomic mass is 9.97. The highest BCUT2D eigenvalue weighted by atomic mass is 35.5. The fraction of sp³-hybridized carbons (Fsp3) is 0.310. The number of methoxy groups -OCH3 is 1. The Balaban J connectivity index is 1.35. The van der Waals surface area contributed by atoms with Crippen LogP contribution < -0.4 is 19.7 Å². The average molecular weight is 584 g/mol. The fourth-order valence-electron chi connectivity index (χ4n) is 5.05. The zero-order chi connectivity index (χ0) is 28.3. The second kappa shape index (κ2) is 11.9. The molecule has 0 aliphatic carbocycles. The van der Waals surface area contributed by atoms with E-state index in [2.05, 4.69) is 5.32 Å². The van der Waals surface area contributed by atoms with Crippen molar-refractivity contribution in [3.8, 4) is 11.5 Å². The quantitative estimate of drug-likeness (QED) is 0.453. The average Bonchev–Trinajstić information content (AvgIpc) is 2.99. The van der Waals surface area contributed by atoms with Crippen molar-refractivity contribution in [2.75, 3.05) is 31.6 Å². The molecule has 11 heteroatoms. The number of rotatable bonds is 7. The number of carbonyl (C=O) groups is 2. The van der Waals surface area contributed by atoms with Gasteiger partial charge >= 0.3 is 0 Å². The number of benzene rings is 3. The summed E-state index contributed by atoms with van der Waals surface area (Å²) in [5, 5.41) is 3.16. The van der Waals surface area contributed by atoms with Gasteiger partial charge in [-0.1, -0.05) is 54.1 Å². The molecule has 0 spiro atoms. The topological polar surface area (TPSA) is 105 Å². The molecule has 1 N–H and O–H groups in total. The standard InChI is InChI=1S/C29H30ClN3O6S/c1-38-25-14-13-22(30)16-27(25)40(36,37)32-15-7-10-21(18-32)29(35)33-19-26(39-24-12-6-5-11-23(24)33)28(34)31-17-20-8-3-2-4-9-20/h2-6,8-9,11-14,16,21,26H,7,10,15,17-19H2,1H3,(H,31,34)/t21-,26-/m0/s1. The Morgan fingerprint density at radius 3 is 2.58 bits per heavy atom. The van der Waals surface area contributed by atoms with Crippen LogP contribution in [0.25, 0.3) is 0 Å². The van der Waals surface area contributed by atoms with Crippen molar-refractivity contribution >= 4 is 39.1 Å². The molecule has 0 bridgehead atoms. The number of halogens is 1. The van der Waals surface area contributed by atoms with Crippen LogP contribution in [0.1, 0.15) is 18.4 Å². The Labute approximate surface area is 238 Å². The van der Waals surface area contributed by atoms with Crippen molar-refractivity contribution in [3.05, 3.63) is 83.4 Å². The molecule has 0 saturated carbocycles. The number of nitrogens with zero attached hydrogens (tertiary/aromatic N) is 2. The molecule has 9 nitrogen and oxygen atoms in total. The van der Waals surface area contributed by atoms with Gasteiger partial charge in [-0.2, -0.15) is 4.31 Å². The van der Waals surface area contributed by atoms with Gasteiger partial charge in [-0.3, -0.25) is 9.59 Å². The summed E-state index contributed by atoms with van der Waals surface area (Å²) in [6.07, 6.45) is 0.106. The molecule has 5 rings (SSSR count). The van der Waals surface area contributed by atoms with Gasteiger partial charge in [0.25, 0.3) is 5.91 Å². The molecule has 3 aromatic carbocycles. The number of hydrogen-bond acceptors (Lipinski definition) is 6. The molecular weight excluding hydrogens is 554 g/mol. The number of anilines is 1. The van der Waals surface area contributed by atoms with Gasteiger partial charge in [-0.05, 0) is 48.7 Å². The van der Waals surface area contributed by atoms with Crippen LogP contribution in [-0.2, 0) is 26.2 Å². The Bertz CT molecular complexity index is 1500. The number of sulfonamides is 1. The van der Waals surface area contributed by atoms with Crippen molar-refractivity contribution in [3.63, 3.8) is 0 Å². The van der Waals surface area contributed by atoms with E-state index in [0.717, 1.165) is 5.56 Å². The Kier molecular flexibility index (Phi) is 8.30. The minimum absolute atomic E-state index is 0.00122. The van der Waals surface area contributed by atoms with Crippen LogP contribution in [-0.4, -0.2) is 57.4 Å². The first-order chi connectivity index (χ1) is 19.3. The highest BCUT2D eigenvalue weighted by Crippen LogP contribution is 2.36. The molecule has 2 aliphatic rings. The number of piperidine rings is 1. The first-order valence-corrected chi connectivity index (χ1v) is 14.8. The molecule has 3 aromatic rings. The molecule has 40 heavy (non-hydrogen) atoms. The third-order valence-electron chi connectivity index (χ3n) is 7.12. The number of amides is 2. The summed E-state index contributed by atoms with van der Waals surface area (Å²) < 4.78 is 39.7. The predicted molar refractivity (Wildman–Crippen MR) is 151 cm³/mol. The van der Waals surface area contributed by atoms with Crippen molar-refractivity contribution in [2.45, 2.75) is 30.4 Å². The number of fused-ring (bicyclic) bond motifs is 1. The van der Waals surface area contributed by atoms with Gasteiger partial charge in [0, 0.05) is 24.7 Å². The molecule has 0 unspecified atom stereocenters. The fourth-order valence-corrected chi connectivity index (χ4v) is 6.99. The smallest absolute Gasteiger partial charge is 0.263 e. The molecule has 210 valence electrons. The molecule has 1 saturated heterocycles. The van der Waals surface area contributed by atoms with E-state index in [4.69, 9.17) is 21.1 Å². The van der Waals surface area contributed by atoms with Gasteiger partial charge in [0.2, 0.25) is 15.9 Å². The lowest BCUT2D eigenvalue weighted by Crippen LogP contribution is -2.53. The largest absolute Gasteiger partial charge is 0.495 e. The van der Waals surface area contributed by atoms with Crippen LogP contribution in [0, 0.1) is 5.92 Å². The highest BCUT2D eigenvalue weighted by molar-refractivity contribution is 7.89. The van der Waals surface area contributed by atoms with Crippen LogP contribution in [0.3, 0.4) is 0 Å². The summed E-state index contributed by atoms with van der Waals surface area (Å²) in [6, 6.07) is 21.0. The third-order valence-corrected chi connectivity index (χ3v) is 9.24. The van der Waals surface area contributed by atoms with Crippen molar-refractivity contribution in [2.24, 2.45) is 5.92 Å². The van der Waals surface area contributed by atoms with Gasteiger partial charge in [0.05, 0.1) is 25.3 Å². The maximum absolute atomic E-state index is 13.9. The van der Waals surface area contributed by atoms with Crippen LogP contribution in [0.4, 0.5) is 5.69 Å². The minimum atomic E-state index is -3.98. The second-order valence-electron chi connectivity index (χ2n) is 9.72. The van der Waals surface area contributed by atoms with E-state index >= 15 is 0 Å². The Morgan fingerprint density at radius 2 is 1.80 bits per heavy atom. The van der Waals surface area contributed by atoms with Gasteiger partial charge in [-0.25, -0.2) is 8.42 Å². The minimum Gasteiger partial charge on any atom is -0.495 e. The number of hydrogen-bond donors (Lipinski definition) is 1. The van der Waals surface area contributed by atoms with Gasteiger partial charge < -0.3 is 19.7 Å². The van der Waals surface area contributed by atoms with Crippen LogP contribution in [0.5, 0.6) is 11.5 Å². The van der Waals surface area contributed by atoms with Crippen LogP contribution >= 0.6 is 11.6 Å². The monoisotopic (exact) mass is 583 g/mol. The molecule has 1 fully saturated rings. The van der Waals surface area contributed by atoms with Gasteiger partial charge in [0.15, 0.2) is 6.10 Å². The van der Waals surface area contributed by atoms with E-state index < -0.39 is 22.0 Å². The van der Waals surface area contributed by atoms with E-state index in [0.29, 0.717) is 30.8 Å². The Morgan fingerprint density at radius 1 is 1.05 bits per heavy atom. The summed E-state index contributed by atoms with van der Waals surface area (Å²) >= 11 is 6.10. The van der Waals surface area contributed by atoms with Crippen molar-refractivity contribution in [1.29, 1.82) is 0 Å². The molecule has 2 atom stereocenters. The van der Waals surface area contributed by atoms with E-state index in [1.165, 1.54) is 23.5 Å². The first-order valence-electron chi connectivity index (χ1n) is 13.0. The number of ether oxygens (including phenoxy) is 2. The van der Waals surface area contributed by atoms with E-state index in [1.54, 1.807) is 35.2 Å². The van der Waals surface area contributed by atoms with E-state index in [9.17, 15) is 18.0 Å². The summed E-state index contributed by atoms with van der Waals surface area (Å²) in [6.45, 7) is 0.618. The zero-order valence-corrected chi connectivity index (χ0v) is 23.5. The van der Waals surface area contributed by atoms with Gasteiger partial charge in [0.1, 0.15) is 16.4 Å². The summed E-state index contributed by atoms with van der Waals surface area (Å²) in [4.78, 5) is 28.5. The summed E-state index contributed by atoms with van der Waals surface area (Å²) in [5.74, 6) is -0.588. The lowest BCUT2D eigenvalue weighted by molar-refractivity contribution is -0.129. The molecule has 0 aromatic heterocycles. The number of para-hydroxylation sites is 2. The van der Waals surface area contributed by atoms with Crippen LogP contribution in [0.15, 0.2) is 77.7 Å². The van der Waals surface area contributed by atoms with Gasteiger partial charge in [-0.15, -0.1) is 0 Å². The second-order valence-corrected chi connectivity index (χ2v) is 12.1. The highest BCUT2D eigenvalue weighted by Gasteiger charge is 2.40. The lowest BCUT2D eigenvalue weighted by Gasteiger charge is -2.38. The molecular formula is C29H30ClN3O6S. The van der Waals surface area contributed by atoms with E-state index in [1.807, 2.05) is 30.3 Å². The predicted octanol–water partition coefficient (Wildman–Crippen LogP) is 3.86. The first kappa shape index (κ1) is 27.9. The molecule has 2 amide bonds. The molecule has 2 heterocycles.